The van der Waals surface area contributed by atoms with Crippen molar-refractivity contribution in [2.24, 2.45) is 5.73 Å². The number of halogens is 3. The minimum atomic E-state index is -2.01. The van der Waals surface area contributed by atoms with Gasteiger partial charge in [-0.3, -0.25) is 14.4 Å². The Labute approximate surface area is 156 Å². The molecule has 0 aliphatic carbocycles. The molecule has 0 bridgehead atoms. The van der Waals surface area contributed by atoms with Gasteiger partial charge in [0.05, 0.1) is 5.56 Å². The van der Waals surface area contributed by atoms with E-state index in [2.05, 4.69) is 27.9 Å². The van der Waals surface area contributed by atoms with E-state index in [9.17, 15) is 14.4 Å². The normalized spacial score (nSPS) is 13.2. The van der Waals surface area contributed by atoms with Gasteiger partial charge in [-0.05, 0) is 79.9 Å². The maximum absolute atomic E-state index is 11.9. The van der Waals surface area contributed by atoms with Crippen LogP contribution >= 0.6 is 67.8 Å². The van der Waals surface area contributed by atoms with Crippen LogP contribution in [0.25, 0.3) is 0 Å². The number of carbonyl (C=O) groups excluding carboxylic acids is 3. The Kier molecular flexibility index (Phi) is 6.43. The molecule has 3 N–H and O–H groups in total. The van der Waals surface area contributed by atoms with Gasteiger partial charge in [-0.15, -0.1) is 0 Å². The molecule has 1 aromatic carbocycles. The van der Waals surface area contributed by atoms with Gasteiger partial charge in [-0.2, -0.15) is 0 Å². The van der Waals surface area contributed by atoms with Gasteiger partial charge >= 0.3 is 0 Å². The van der Waals surface area contributed by atoms with Crippen LogP contribution in [0.3, 0.4) is 0 Å². The summed E-state index contributed by atoms with van der Waals surface area (Å²) in [6.07, 6.45) is 0. The Hall–Kier alpha value is -0.180. The van der Waals surface area contributed by atoms with Crippen LogP contribution in [0.15, 0.2) is 12.1 Å². The molecule has 20 heavy (non-hydrogen) atoms. The zero-order valence-electron chi connectivity index (χ0n) is 10.1. The van der Waals surface area contributed by atoms with Crippen molar-refractivity contribution in [2.45, 2.75) is 12.6 Å². The van der Waals surface area contributed by atoms with Crippen molar-refractivity contribution in [3.63, 3.8) is 0 Å². The summed E-state index contributed by atoms with van der Waals surface area (Å²) < 4.78 is 7.12. The summed E-state index contributed by atoms with van der Waals surface area (Å²) in [4.78, 5) is 34.0. The van der Waals surface area contributed by atoms with Gasteiger partial charge in [-0.1, -0.05) is 0 Å². The molecule has 0 spiro atoms. The van der Waals surface area contributed by atoms with Crippen molar-refractivity contribution in [3.05, 3.63) is 28.4 Å². The SMILES string of the molecule is CC(=O)NC(OC=O)(C(N)=O)c1c(I)cc(I)cc1I. The third-order valence-corrected chi connectivity index (χ3v) is 4.61. The van der Waals surface area contributed by atoms with E-state index in [4.69, 9.17) is 10.5 Å². The molecule has 1 unspecified atom stereocenters. The summed E-state index contributed by atoms with van der Waals surface area (Å²) >= 11 is 6.10. The van der Waals surface area contributed by atoms with Crippen LogP contribution in [0.1, 0.15) is 12.5 Å². The summed E-state index contributed by atoms with van der Waals surface area (Å²) in [6.45, 7) is 1.29. The smallest absolute Gasteiger partial charge is 0.295 e. The lowest BCUT2D eigenvalue weighted by Gasteiger charge is -2.31. The van der Waals surface area contributed by atoms with E-state index in [0.29, 0.717) is 12.7 Å². The molecule has 0 fully saturated rings. The van der Waals surface area contributed by atoms with Crippen LogP contribution in [-0.2, 0) is 24.8 Å². The molecule has 0 saturated carbocycles. The fourth-order valence-corrected chi connectivity index (χ4v) is 5.93. The first-order chi connectivity index (χ1) is 9.24. The van der Waals surface area contributed by atoms with Gasteiger partial charge in [-0.25, -0.2) is 0 Å². The lowest BCUT2D eigenvalue weighted by Crippen LogP contribution is -2.57. The van der Waals surface area contributed by atoms with Gasteiger partial charge in [0.1, 0.15) is 0 Å². The molecule has 0 radical (unpaired) electrons. The molecular formula is C11H9I3N2O4. The monoisotopic (exact) mass is 614 g/mol. The highest BCUT2D eigenvalue weighted by Gasteiger charge is 2.45. The molecule has 2 amide bonds. The third-order valence-electron chi connectivity index (χ3n) is 2.28. The zero-order valence-corrected chi connectivity index (χ0v) is 16.5. The van der Waals surface area contributed by atoms with Crippen LogP contribution in [0, 0.1) is 10.7 Å². The molecule has 9 heteroatoms. The van der Waals surface area contributed by atoms with Gasteiger partial charge in [0.25, 0.3) is 18.1 Å². The Morgan fingerprint density at radius 1 is 1.30 bits per heavy atom. The van der Waals surface area contributed by atoms with Crippen molar-refractivity contribution in [1.82, 2.24) is 5.32 Å². The average Bonchev–Trinajstić information content (AvgIpc) is 2.26. The first-order valence-corrected chi connectivity index (χ1v) is 8.33. The number of benzene rings is 1. The maximum atomic E-state index is 11.9. The molecule has 1 aromatic rings. The fraction of sp³-hybridized carbons (Fsp3) is 0.182. The molecule has 0 aliphatic heterocycles. The molecular weight excluding hydrogens is 605 g/mol. The first kappa shape index (κ1) is 17.9. The fourth-order valence-electron chi connectivity index (χ4n) is 1.59. The largest absolute Gasteiger partial charge is 0.427 e. The maximum Gasteiger partial charge on any atom is 0.295 e. The van der Waals surface area contributed by atoms with Crippen LogP contribution in [0.5, 0.6) is 0 Å². The number of nitrogens with one attached hydrogen (secondary N) is 1. The predicted octanol–water partition coefficient (Wildman–Crippen LogP) is 1.45. The Bertz CT molecular complexity index is 556. The minimum absolute atomic E-state index is 0.0881. The van der Waals surface area contributed by atoms with Crippen LogP contribution in [-0.4, -0.2) is 18.3 Å². The number of rotatable bonds is 5. The molecule has 0 aromatic heterocycles. The average molecular weight is 614 g/mol. The molecule has 0 saturated heterocycles. The van der Waals surface area contributed by atoms with Crippen molar-refractivity contribution in [3.8, 4) is 0 Å². The number of amides is 2. The lowest BCUT2D eigenvalue weighted by molar-refractivity contribution is -0.164. The first-order valence-electron chi connectivity index (χ1n) is 5.09. The number of carbonyl (C=O) groups is 3. The quantitative estimate of drug-likeness (QED) is 0.299. The van der Waals surface area contributed by atoms with E-state index < -0.39 is 17.5 Å². The van der Waals surface area contributed by atoms with Crippen molar-refractivity contribution < 1.29 is 19.1 Å². The summed E-state index contributed by atoms with van der Waals surface area (Å²) in [6, 6.07) is 3.57. The molecule has 0 aliphatic rings. The second-order valence-corrected chi connectivity index (χ2v) is 7.26. The predicted molar refractivity (Wildman–Crippen MR) is 96.4 cm³/mol. The van der Waals surface area contributed by atoms with E-state index in [0.717, 1.165) is 3.57 Å². The molecule has 108 valence electrons. The minimum Gasteiger partial charge on any atom is -0.427 e. The summed E-state index contributed by atoms with van der Waals surface area (Å²) in [5.41, 5.74) is 3.70. The van der Waals surface area contributed by atoms with Crippen LogP contribution < -0.4 is 11.1 Å². The number of primary amides is 1. The van der Waals surface area contributed by atoms with Crippen molar-refractivity contribution in [2.75, 3.05) is 0 Å². The second-order valence-electron chi connectivity index (χ2n) is 3.69. The zero-order chi connectivity index (χ0) is 15.5. The van der Waals surface area contributed by atoms with Gasteiger partial charge in [0, 0.05) is 17.6 Å². The standard InChI is InChI=1S/C11H9I3N2O4/c1-5(18)16-11(10(15)19,20-4-17)9-7(13)2-6(12)3-8(9)14/h2-4H,1H3,(H2,15,19)(H,16,18). The summed E-state index contributed by atoms with van der Waals surface area (Å²) in [7, 11) is 0. The van der Waals surface area contributed by atoms with Gasteiger partial charge in [0.2, 0.25) is 5.91 Å². The van der Waals surface area contributed by atoms with E-state index >= 15 is 0 Å². The lowest BCUT2D eigenvalue weighted by atomic mass is 10.0. The molecule has 1 rings (SSSR count). The Morgan fingerprint density at radius 2 is 1.80 bits per heavy atom. The van der Waals surface area contributed by atoms with E-state index in [1.807, 2.05) is 45.2 Å². The Balaban J connectivity index is 3.63. The summed E-state index contributed by atoms with van der Waals surface area (Å²) in [5.74, 6) is -1.52. The number of hydrogen-bond donors (Lipinski definition) is 2. The number of nitrogens with two attached hydrogens (primary N) is 1. The third kappa shape index (κ3) is 3.72. The highest BCUT2D eigenvalue weighted by Crippen LogP contribution is 2.32. The topological polar surface area (TPSA) is 98.5 Å². The highest BCUT2D eigenvalue weighted by atomic mass is 127. The molecule has 0 heterocycles. The van der Waals surface area contributed by atoms with Gasteiger partial charge < -0.3 is 15.8 Å². The highest BCUT2D eigenvalue weighted by molar-refractivity contribution is 14.1. The molecule has 1 atom stereocenters. The second kappa shape index (κ2) is 7.20. The van der Waals surface area contributed by atoms with Crippen LogP contribution in [0.2, 0.25) is 0 Å². The number of hydrogen-bond acceptors (Lipinski definition) is 4. The Morgan fingerprint density at radius 3 is 2.15 bits per heavy atom. The summed E-state index contributed by atoms with van der Waals surface area (Å²) in [5, 5.41) is 2.33. The van der Waals surface area contributed by atoms with E-state index in [1.54, 1.807) is 12.1 Å². The van der Waals surface area contributed by atoms with Crippen LogP contribution in [0.4, 0.5) is 0 Å². The van der Waals surface area contributed by atoms with E-state index in [-0.39, 0.29) is 6.47 Å². The van der Waals surface area contributed by atoms with Crippen molar-refractivity contribution >= 4 is 86.1 Å². The van der Waals surface area contributed by atoms with Gasteiger partial charge in [0.15, 0.2) is 0 Å². The number of ether oxygens (including phenoxy) is 1. The van der Waals surface area contributed by atoms with Crippen molar-refractivity contribution in [1.29, 1.82) is 0 Å². The molecule has 6 nitrogen and oxygen atoms in total. The van der Waals surface area contributed by atoms with E-state index in [1.165, 1.54) is 6.92 Å².